The van der Waals surface area contributed by atoms with Crippen LogP contribution in [0, 0.1) is 20.8 Å². The van der Waals surface area contributed by atoms with Gasteiger partial charge in [-0.05, 0) is 55.7 Å². The molecule has 2 rings (SSSR count). The Labute approximate surface area is 124 Å². The molecular weight excluding hydrogens is 264 g/mol. The number of hydrogen-bond acceptors (Lipinski definition) is 3. The number of rotatable bonds is 4. The molecule has 2 aromatic carbocycles. The van der Waals surface area contributed by atoms with Crippen molar-refractivity contribution in [1.29, 1.82) is 0 Å². The fourth-order valence-corrected chi connectivity index (χ4v) is 2.01. The number of carbonyl (C=O) groups excluding carboxylic acids is 1. The Morgan fingerprint density at radius 3 is 2.52 bits per heavy atom. The standard InChI is InChI=1S/C17H20N2O2/c1-11-6-4-5-7-15(11)19-17(20)10-21-16-9-12(2)14(18)8-13(16)3/h4-9H,10,18H2,1-3H3,(H,19,20). The normalized spacial score (nSPS) is 10.2. The van der Waals surface area contributed by atoms with Gasteiger partial charge in [0.05, 0.1) is 0 Å². The van der Waals surface area contributed by atoms with Crippen LogP contribution in [0.4, 0.5) is 11.4 Å². The van der Waals surface area contributed by atoms with E-state index in [1.165, 1.54) is 0 Å². The second kappa shape index (κ2) is 6.31. The largest absolute Gasteiger partial charge is 0.483 e. The minimum absolute atomic E-state index is 0.0292. The fourth-order valence-electron chi connectivity index (χ4n) is 2.01. The van der Waals surface area contributed by atoms with Gasteiger partial charge in [0, 0.05) is 11.4 Å². The highest BCUT2D eigenvalue weighted by atomic mass is 16.5. The van der Waals surface area contributed by atoms with Gasteiger partial charge in [0.2, 0.25) is 0 Å². The number of aryl methyl sites for hydroxylation is 3. The quantitative estimate of drug-likeness (QED) is 0.847. The summed E-state index contributed by atoms with van der Waals surface area (Å²) in [4.78, 5) is 11.9. The van der Waals surface area contributed by atoms with Crippen LogP contribution >= 0.6 is 0 Å². The lowest BCUT2D eigenvalue weighted by atomic mass is 10.1. The molecule has 0 saturated carbocycles. The molecule has 0 fully saturated rings. The first-order valence-corrected chi connectivity index (χ1v) is 6.82. The number of nitrogens with two attached hydrogens (primary N) is 1. The fraction of sp³-hybridized carbons (Fsp3) is 0.235. The summed E-state index contributed by atoms with van der Waals surface area (Å²) in [5.41, 5.74) is 10.2. The summed E-state index contributed by atoms with van der Waals surface area (Å²) in [6.07, 6.45) is 0. The van der Waals surface area contributed by atoms with Crippen molar-refractivity contribution in [1.82, 2.24) is 0 Å². The number of hydrogen-bond donors (Lipinski definition) is 2. The Morgan fingerprint density at radius 1 is 1.10 bits per heavy atom. The van der Waals surface area contributed by atoms with Gasteiger partial charge in [-0.1, -0.05) is 18.2 Å². The highest BCUT2D eigenvalue weighted by molar-refractivity contribution is 5.92. The number of para-hydroxylation sites is 1. The van der Waals surface area contributed by atoms with Gasteiger partial charge in [0.25, 0.3) is 5.91 Å². The van der Waals surface area contributed by atoms with Crippen molar-refractivity contribution in [2.24, 2.45) is 0 Å². The number of amides is 1. The average Bonchev–Trinajstić information content (AvgIpc) is 2.44. The number of ether oxygens (including phenoxy) is 1. The Morgan fingerprint density at radius 2 is 1.81 bits per heavy atom. The SMILES string of the molecule is Cc1cc(OCC(=O)Nc2ccccc2C)c(C)cc1N. The van der Waals surface area contributed by atoms with Crippen molar-refractivity contribution in [2.75, 3.05) is 17.7 Å². The van der Waals surface area contributed by atoms with Crippen LogP contribution in [0.15, 0.2) is 36.4 Å². The van der Waals surface area contributed by atoms with Crippen molar-refractivity contribution in [3.63, 3.8) is 0 Å². The molecule has 0 aliphatic rings. The number of benzene rings is 2. The lowest BCUT2D eigenvalue weighted by Crippen LogP contribution is -2.21. The Hall–Kier alpha value is -2.49. The maximum atomic E-state index is 11.9. The summed E-state index contributed by atoms with van der Waals surface area (Å²) in [6, 6.07) is 11.3. The first kappa shape index (κ1) is 14.9. The minimum atomic E-state index is -0.182. The zero-order chi connectivity index (χ0) is 15.4. The number of nitrogen functional groups attached to an aromatic ring is 1. The topological polar surface area (TPSA) is 64.3 Å². The minimum Gasteiger partial charge on any atom is -0.483 e. The van der Waals surface area contributed by atoms with Crippen LogP contribution in [0.25, 0.3) is 0 Å². The van der Waals surface area contributed by atoms with Crippen LogP contribution in [0.5, 0.6) is 5.75 Å². The van der Waals surface area contributed by atoms with Crippen LogP contribution in [0.2, 0.25) is 0 Å². The smallest absolute Gasteiger partial charge is 0.262 e. The van der Waals surface area contributed by atoms with E-state index in [4.69, 9.17) is 10.5 Å². The van der Waals surface area contributed by atoms with Gasteiger partial charge >= 0.3 is 0 Å². The Bertz CT molecular complexity index is 666. The molecular formula is C17H20N2O2. The highest BCUT2D eigenvalue weighted by Gasteiger charge is 2.08. The number of anilines is 2. The highest BCUT2D eigenvalue weighted by Crippen LogP contribution is 2.24. The maximum Gasteiger partial charge on any atom is 0.262 e. The van der Waals surface area contributed by atoms with Crippen LogP contribution in [0.1, 0.15) is 16.7 Å². The van der Waals surface area contributed by atoms with E-state index in [0.29, 0.717) is 5.75 Å². The van der Waals surface area contributed by atoms with Gasteiger partial charge in [-0.25, -0.2) is 0 Å². The molecule has 1 amide bonds. The van der Waals surface area contributed by atoms with Crippen molar-refractivity contribution in [2.45, 2.75) is 20.8 Å². The van der Waals surface area contributed by atoms with Gasteiger partial charge in [-0.15, -0.1) is 0 Å². The third-order valence-corrected chi connectivity index (χ3v) is 3.34. The van der Waals surface area contributed by atoms with E-state index >= 15 is 0 Å². The molecule has 0 atom stereocenters. The molecule has 0 aliphatic carbocycles. The molecule has 2 aromatic rings. The van der Waals surface area contributed by atoms with Crippen LogP contribution < -0.4 is 15.8 Å². The Balaban J connectivity index is 1.99. The van der Waals surface area contributed by atoms with Gasteiger partial charge < -0.3 is 15.8 Å². The van der Waals surface area contributed by atoms with Gasteiger partial charge in [-0.2, -0.15) is 0 Å². The maximum absolute atomic E-state index is 11.9. The summed E-state index contributed by atoms with van der Waals surface area (Å²) in [7, 11) is 0. The monoisotopic (exact) mass is 284 g/mol. The lowest BCUT2D eigenvalue weighted by Gasteiger charge is -2.12. The second-order valence-electron chi connectivity index (χ2n) is 5.13. The van der Waals surface area contributed by atoms with Gasteiger partial charge in [-0.3, -0.25) is 4.79 Å². The van der Waals surface area contributed by atoms with E-state index in [1.54, 1.807) is 0 Å². The average molecular weight is 284 g/mol. The van der Waals surface area contributed by atoms with E-state index in [9.17, 15) is 4.79 Å². The molecule has 0 aromatic heterocycles. The zero-order valence-corrected chi connectivity index (χ0v) is 12.6. The van der Waals surface area contributed by atoms with E-state index in [0.717, 1.165) is 28.1 Å². The molecule has 4 nitrogen and oxygen atoms in total. The molecule has 3 N–H and O–H groups in total. The van der Waals surface area contributed by atoms with E-state index in [1.807, 2.05) is 57.2 Å². The molecule has 0 radical (unpaired) electrons. The molecule has 0 bridgehead atoms. The van der Waals surface area contributed by atoms with E-state index in [-0.39, 0.29) is 12.5 Å². The summed E-state index contributed by atoms with van der Waals surface area (Å²) in [5, 5.41) is 2.84. The Kier molecular flexibility index (Phi) is 4.48. The molecule has 0 aliphatic heterocycles. The van der Waals surface area contributed by atoms with Crippen molar-refractivity contribution < 1.29 is 9.53 Å². The van der Waals surface area contributed by atoms with Gasteiger partial charge in [0.1, 0.15) is 5.75 Å². The summed E-state index contributed by atoms with van der Waals surface area (Å²) >= 11 is 0. The first-order valence-electron chi connectivity index (χ1n) is 6.82. The molecule has 0 heterocycles. The number of nitrogens with one attached hydrogen (secondary N) is 1. The molecule has 110 valence electrons. The predicted molar refractivity (Wildman–Crippen MR) is 85.6 cm³/mol. The molecule has 0 saturated heterocycles. The molecule has 4 heteroatoms. The van der Waals surface area contributed by atoms with Crippen LogP contribution in [-0.2, 0) is 4.79 Å². The van der Waals surface area contributed by atoms with Crippen molar-refractivity contribution in [3.8, 4) is 5.75 Å². The van der Waals surface area contributed by atoms with Gasteiger partial charge in [0.15, 0.2) is 6.61 Å². The first-order chi connectivity index (χ1) is 9.97. The van der Waals surface area contributed by atoms with Crippen molar-refractivity contribution >= 4 is 17.3 Å². The second-order valence-corrected chi connectivity index (χ2v) is 5.13. The molecule has 21 heavy (non-hydrogen) atoms. The van der Waals surface area contributed by atoms with E-state index < -0.39 is 0 Å². The third kappa shape index (κ3) is 3.75. The van der Waals surface area contributed by atoms with Crippen LogP contribution in [0.3, 0.4) is 0 Å². The molecule has 0 spiro atoms. The zero-order valence-electron chi connectivity index (χ0n) is 12.6. The van der Waals surface area contributed by atoms with Crippen LogP contribution in [-0.4, -0.2) is 12.5 Å². The number of carbonyl (C=O) groups is 1. The summed E-state index contributed by atoms with van der Waals surface area (Å²) in [5.74, 6) is 0.500. The lowest BCUT2D eigenvalue weighted by molar-refractivity contribution is -0.118. The third-order valence-electron chi connectivity index (χ3n) is 3.34. The van der Waals surface area contributed by atoms with Crippen molar-refractivity contribution in [3.05, 3.63) is 53.1 Å². The summed E-state index contributed by atoms with van der Waals surface area (Å²) in [6.45, 7) is 5.74. The predicted octanol–water partition coefficient (Wildman–Crippen LogP) is 3.21. The van der Waals surface area contributed by atoms with E-state index in [2.05, 4.69) is 5.32 Å². The summed E-state index contributed by atoms with van der Waals surface area (Å²) < 4.78 is 5.58. The molecule has 0 unspecified atom stereocenters.